The minimum absolute atomic E-state index is 0.136. The maximum atomic E-state index is 13.2. The fourth-order valence-electron chi connectivity index (χ4n) is 3.78. The van der Waals surface area contributed by atoms with Crippen molar-refractivity contribution in [2.24, 2.45) is 5.11 Å². The van der Waals surface area contributed by atoms with Crippen molar-refractivity contribution < 1.29 is 9.59 Å². The lowest BCUT2D eigenvalue weighted by Crippen LogP contribution is -2.24. The summed E-state index contributed by atoms with van der Waals surface area (Å²) in [6.07, 6.45) is 0.811. The third-order valence-electron chi connectivity index (χ3n) is 5.34. The molecule has 156 valence electrons. The molecule has 7 heteroatoms. The molecule has 4 rings (SSSR count). The Morgan fingerprint density at radius 1 is 0.774 bits per heavy atom. The summed E-state index contributed by atoms with van der Waals surface area (Å²) in [4.78, 5) is 26.3. The predicted molar refractivity (Wildman–Crippen MR) is 122 cm³/mol. The molecule has 4 N–H and O–H groups in total. The van der Waals surface area contributed by atoms with Crippen LogP contribution in [0.1, 0.15) is 38.3 Å². The smallest absolute Gasteiger partial charge is 0.196 e. The van der Waals surface area contributed by atoms with Crippen molar-refractivity contribution in [1.29, 1.82) is 5.53 Å². The van der Waals surface area contributed by atoms with E-state index in [0.717, 1.165) is 18.7 Å². The Kier molecular flexibility index (Phi) is 5.75. The average molecular weight is 413 g/mol. The van der Waals surface area contributed by atoms with Crippen LogP contribution in [0, 0.1) is 5.53 Å². The normalized spacial score (nSPS) is 12.0. The largest absolute Gasteiger partial charge is 0.388 e. The van der Waals surface area contributed by atoms with Gasteiger partial charge in [-0.1, -0.05) is 24.3 Å². The maximum Gasteiger partial charge on any atom is 0.196 e. The molecule has 0 fully saturated rings. The number of carbonyl (C=O) groups excluding carboxylic acids is 2. The van der Waals surface area contributed by atoms with Crippen LogP contribution in [0.15, 0.2) is 65.8 Å². The molecular formula is C24H23N5O2. The fourth-order valence-corrected chi connectivity index (χ4v) is 3.78. The van der Waals surface area contributed by atoms with E-state index in [0.29, 0.717) is 45.9 Å². The Morgan fingerprint density at radius 2 is 1.35 bits per heavy atom. The second-order valence-electron chi connectivity index (χ2n) is 7.23. The van der Waals surface area contributed by atoms with Crippen molar-refractivity contribution in [2.45, 2.75) is 6.42 Å². The van der Waals surface area contributed by atoms with Gasteiger partial charge < -0.3 is 16.0 Å². The molecule has 0 aliphatic heterocycles. The highest BCUT2D eigenvalue weighted by atomic mass is 16.1. The highest BCUT2D eigenvalue weighted by Gasteiger charge is 2.33. The van der Waals surface area contributed by atoms with Crippen LogP contribution in [0.5, 0.6) is 0 Å². The number of carbonyl (C=O) groups is 2. The van der Waals surface area contributed by atoms with E-state index in [-0.39, 0.29) is 11.6 Å². The lowest BCUT2D eigenvalue weighted by molar-refractivity contribution is 0.0980. The van der Waals surface area contributed by atoms with Gasteiger partial charge in [-0.05, 0) is 42.8 Å². The minimum Gasteiger partial charge on any atom is -0.388 e. The molecule has 3 aromatic rings. The Balaban J connectivity index is 1.47. The summed E-state index contributed by atoms with van der Waals surface area (Å²) < 4.78 is 0. The molecule has 0 heterocycles. The molecule has 0 spiro atoms. The van der Waals surface area contributed by atoms with E-state index in [4.69, 9.17) is 5.53 Å². The first-order valence-corrected chi connectivity index (χ1v) is 10.1. The van der Waals surface area contributed by atoms with E-state index in [1.54, 1.807) is 43.4 Å². The zero-order chi connectivity index (χ0) is 21.8. The van der Waals surface area contributed by atoms with Gasteiger partial charge in [0.05, 0.1) is 16.8 Å². The Morgan fingerprint density at radius 3 is 1.97 bits per heavy atom. The molecular weight excluding hydrogens is 390 g/mol. The summed E-state index contributed by atoms with van der Waals surface area (Å²) in [6.45, 7) is 1.37. The van der Waals surface area contributed by atoms with Gasteiger partial charge in [-0.3, -0.25) is 9.59 Å². The Bertz CT molecular complexity index is 1160. The average Bonchev–Trinajstić information content (AvgIpc) is 2.82. The Labute approximate surface area is 180 Å². The number of rotatable bonds is 8. The zero-order valence-corrected chi connectivity index (χ0v) is 17.2. The lowest BCUT2D eigenvalue weighted by atomic mass is 9.82. The van der Waals surface area contributed by atoms with E-state index in [1.807, 2.05) is 24.3 Å². The maximum absolute atomic E-state index is 13.2. The number of hydrogen-bond donors (Lipinski definition) is 4. The van der Waals surface area contributed by atoms with Crippen molar-refractivity contribution in [3.05, 3.63) is 82.9 Å². The molecule has 7 nitrogen and oxygen atoms in total. The van der Waals surface area contributed by atoms with Crippen LogP contribution in [-0.2, 0) is 0 Å². The SMILES string of the molecule is CNc1ccc(NCCCNc2ccc(N=N)cc2)c2c1C(=O)c1ccccc1C2=O. The topological polar surface area (TPSA) is 106 Å². The molecule has 0 atom stereocenters. The first-order valence-electron chi connectivity index (χ1n) is 10.1. The molecule has 1 aliphatic rings. The van der Waals surface area contributed by atoms with Gasteiger partial charge in [-0.15, -0.1) is 0 Å². The monoisotopic (exact) mass is 413 g/mol. The second kappa shape index (κ2) is 8.79. The van der Waals surface area contributed by atoms with E-state index in [9.17, 15) is 9.59 Å². The van der Waals surface area contributed by atoms with Gasteiger partial charge >= 0.3 is 0 Å². The number of fused-ring (bicyclic) bond motifs is 2. The molecule has 0 amide bonds. The van der Waals surface area contributed by atoms with Crippen molar-refractivity contribution in [3.8, 4) is 0 Å². The fraction of sp³-hybridized carbons (Fsp3) is 0.167. The Hall–Kier alpha value is -4.00. The van der Waals surface area contributed by atoms with E-state index in [1.165, 1.54) is 0 Å². The van der Waals surface area contributed by atoms with Crippen molar-refractivity contribution in [3.63, 3.8) is 0 Å². The number of anilines is 3. The van der Waals surface area contributed by atoms with Crippen LogP contribution in [0.2, 0.25) is 0 Å². The van der Waals surface area contributed by atoms with Gasteiger partial charge in [0.25, 0.3) is 0 Å². The first kappa shape index (κ1) is 20.3. The summed E-state index contributed by atoms with van der Waals surface area (Å²) in [6, 6.07) is 18.0. The standard InChI is InChI=1S/C24H23N5O2/c1-26-19-11-12-20(28-14-4-13-27-15-7-9-16(29-25)10-8-15)22-21(19)23(30)17-5-2-3-6-18(17)24(22)31/h2-3,5-12,25-28H,4,13-14H2,1H3. The highest BCUT2D eigenvalue weighted by Crippen LogP contribution is 2.36. The first-order chi connectivity index (χ1) is 15.1. The van der Waals surface area contributed by atoms with Crippen LogP contribution in [0.25, 0.3) is 0 Å². The van der Waals surface area contributed by atoms with Crippen LogP contribution >= 0.6 is 0 Å². The van der Waals surface area contributed by atoms with Crippen molar-refractivity contribution in [1.82, 2.24) is 0 Å². The summed E-state index contributed by atoms with van der Waals surface area (Å²) in [5.41, 5.74) is 11.6. The summed E-state index contributed by atoms with van der Waals surface area (Å²) in [5.74, 6) is -0.273. The number of ketones is 2. The number of nitrogens with zero attached hydrogens (tertiary/aromatic N) is 1. The van der Waals surface area contributed by atoms with Gasteiger partial charge in [0.15, 0.2) is 11.6 Å². The van der Waals surface area contributed by atoms with Gasteiger partial charge in [0, 0.05) is 48.3 Å². The van der Waals surface area contributed by atoms with Crippen molar-refractivity contribution in [2.75, 3.05) is 36.1 Å². The predicted octanol–water partition coefficient (Wildman–Crippen LogP) is 5.08. The van der Waals surface area contributed by atoms with E-state index in [2.05, 4.69) is 21.1 Å². The molecule has 0 aromatic heterocycles. The molecule has 0 saturated heterocycles. The van der Waals surface area contributed by atoms with Crippen molar-refractivity contribution >= 4 is 34.3 Å². The quantitative estimate of drug-likeness (QED) is 0.238. The van der Waals surface area contributed by atoms with Gasteiger partial charge in [0.1, 0.15) is 0 Å². The summed E-state index contributed by atoms with van der Waals surface area (Å²) in [5, 5.41) is 13.1. The third-order valence-corrected chi connectivity index (χ3v) is 5.34. The van der Waals surface area contributed by atoms with Crippen LogP contribution in [0.3, 0.4) is 0 Å². The molecule has 0 unspecified atom stereocenters. The van der Waals surface area contributed by atoms with Gasteiger partial charge in [0.2, 0.25) is 0 Å². The summed E-state index contributed by atoms with van der Waals surface area (Å²) >= 11 is 0. The van der Waals surface area contributed by atoms with Gasteiger partial charge in [-0.25, -0.2) is 5.53 Å². The summed E-state index contributed by atoms with van der Waals surface area (Å²) in [7, 11) is 1.75. The number of benzene rings is 3. The molecule has 3 aromatic carbocycles. The van der Waals surface area contributed by atoms with E-state index < -0.39 is 0 Å². The number of hydrogen-bond acceptors (Lipinski definition) is 7. The van der Waals surface area contributed by atoms with Gasteiger partial charge in [-0.2, -0.15) is 5.11 Å². The highest BCUT2D eigenvalue weighted by molar-refractivity contribution is 6.31. The molecule has 0 saturated carbocycles. The van der Waals surface area contributed by atoms with Crippen LogP contribution in [-0.4, -0.2) is 31.7 Å². The molecule has 31 heavy (non-hydrogen) atoms. The minimum atomic E-state index is -0.136. The molecule has 0 radical (unpaired) electrons. The third kappa shape index (κ3) is 3.90. The van der Waals surface area contributed by atoms with E-state index >= 15 is 0 Å². The lowest BCUT2D eigenvalue weighted by Gasteiger charge is -2.23. The zero-order valence-electron chi connectivity index (χ0n) is 17.2. The number of nitrogens with one attached hydrogen (secondary N) is 4. The van der Waals surface area contributed by atoms with Crippen LogP contribution < -0.4 is 16.0 Å². The second-order valence-corrected chi connectivity index (χ2v) is 7.23. The molecule has 1 aliphatic carbocycles. The van der Waals surface area contributed by atoms with Crippen LogP contribution in [0.4, 0.5) is 22.7 Å². The molecule has 0 bridgehead atoms.